The molecule has 0 aliphatic carbocycles. The van der Waals surface area contributed by atoms with Crippen LogP contribution in [0, 0.1) is 6.92 Å². The Labute approximate surface area is 142 Å². The Kier molecular flexibility index (Phi) is 4.51. The molecule has 24 heavy (non-hydrogen) atoms. The average Bonchev–Trinajstić information content (AvgIpc) is 3.02. The van der Waals surface area contributed by atoms with E-state index >= 15 is 0 Å². The van der Waals surface area contributed by atoms with Crippen LogP contribution in [0.25, 0.3) is 0 Å². The highest BCUT2D eigenvalue weighted by Gasteiger charge is 2.15. The van der Waals surface area contributed by atoms with Crippen molar-refractivity contribution in [2.24, 2.45) is 4.99 Å². The first-order chi connectivity index (χ1) is 11.6. The lowest BCUT2D eigenvalue weighted by atomic mass is 10.1. The molecule has 0 atom stereocenters. The summed E-state index contributed by atoms with van der Waals surface area (Å²) >= 11 is 0. The zero-order valence-electron chi connectivity index (χ0n) is 14.2. The fourth-order valence-electron chi connectivity index (χ4n) is 2.71. The number of carbonyl (C=O) groups is 1. The van der Waals surface area contributed by atoms with Crippen LogP contribution < -0.4 is 10.1 Å². The van der Waals surface area contributed by atoms with Gasteiger partial charge in [0.15, 0.2) is 0 Å². The van der Waals surface area contributed by atoms with Gasteiger partial charge < -0.3 is 15.0 Å². The van der Waals surface area contributed by atoms with Crippen LogP contribution in [0.1, 0.15) is 21.5 Å². The Morgan fingerprint density at radius 3 is 2.58 bits per heavy atom. The molecule has 0 unspecified atom stereocenters. The molecule has 3 rings (SSSR count). The van der Waals surface area contributed by atoms with Crippen molar-refractivity contribution in [3.8, 4) is 5.75 Å². The predicted molar refractivity (Wildman–Crippen MR) is 96.2 cm³/mol. The second kappa shape index (κ2) is 6.74. The number of ether oxygens (including phenoxy) is 1. The van der Waals surface area contributed by atoms with Crippen LogP contribution in [-0.2, 0) is 0 Å². The molecule has 0 aromatic heterocycles. The monoisotopic (exact) mass is 323 g/mol. The number of aliphatic imine (C=N–C) groups is 1. The molecule has 5 nitrogen and oxygen atoms in total. The third kappa shape index (κ3) is 3.25. The van der Waals surface area contributed by atoms with Crippen LogP contribution in [0.4, 0.5) is 5.69 Å². The second-order valence-corrected chi connectivity index (χ2v) is 5.86. The van der Waals surface area contributed by atoms with Gasteiger partial charge in [-0.15, -0.1) is 0 Å². The summed E-state index contributed by atoms with van der Waals surface area (Å²) in [6.45, 7) is 3.74. The van der Waals surface area contributed by atoms with Crippen molar-refractivity contribution in [1.82, 2.24) is 4.90 Å². The van der Waals surface area contributed by atoms with Gasteiger partial charge in [-0.05, 0) is 36.8 Å². The molecule has 0 fully saturated rings. The Morgan fingerprint density at radius 2 is 1.96 bits per heavy atom. The number of nitrogens with one attached hydrogen (secondary N) is 1. The summed E-state index contributed by atoms with van der Waals surface area (Å²) in [7, 11) is 3.62. The molecular weight excluding hydrogens is 302 g/mol. The molecule has 124 valence electrons. The Bertz CT molecular complexity index is 782. The van der Waals surface area contributed by atoms with Gasteiger partial charge in [0.1, 0.15) is 11.6 Å². The van der Waals surface area contributed by atoms with E-state index in [2.05, 4.69) is 15.2 Å². The summed E-state index contributed by atoms with van der Waals surface area (Å²) in [5.74, 6) is 1.47. The number of hydrogen-bond donors (Lipinski definition) is 1. The van der Waals surface area contributed by atoms with Gasteiger partial charge >= 0.3 is 0 Å². The molecular formula is C19H21N3O2. The highest BCUT2D eigenvalue weighted by atomic mass is 16.5. The number of likely N-dealkylation sites (N-methyl/N-ethyl adjacent to an activating group) is 1. The molecule has 2 aromatic carbocycles. The maximum absolute atomic E-state index is 12.5. The van der Waals surface area contributed by atoms with Crippen LogP contribution in [-0.4, -0.2) is 43.9 Å². The molecule has 0 saturated heterocycles. The number of amides is 1. The number of anilines is 1. The fraction of sp³-hybridized carbons (Fsp3) is 0.263. The molecule has 0 bridgehead atoms. The van der Waals surface area contributed by atoms with E-state index in [4.69, 9.17) is 4.74 Å². The number of hydrogen-bond acceptors (Lipinski definition) is 4. The maximum Gasteiger partial charge on any atom is 0.255 e. The molecule has 1 heterocycles. The molecule has 0 radical (unpaired) electrons. The smallest absolute Gasteiger partial charge is 0.255 e. The van der Waals surface area contributed by atoms with Gasteiger partial charge in [-0.3, -0.25) is 9.79 Å². The van der Waals surface area contributed by atoms with Gasteiger partial charge in [0.05, 0.1) is 19.3 Å². The third-order valence-corrected chi connectivity index (χ3v) is 4.07. The predicted octanol–water partition coefficient (Wildman–Crippen LogP) is 2.95. The molecule has 2 aromatic rings. The quantitative estimate of drug-likeness (QED) is 0.941. The van der Waals surface area contributed by atoms with E-state index in [0.29, 0.717) is 17.0 Å². The van der Waals surface area contributed by atoms with E-state index in [-0.39, 0.29) is 5.91 Å². The molecule has 5 heteroatoms. The number of benzene rings is 2. The normalized spacial score (nSPS) is 13.6. The lowest BCUT2D eigenvalue weighted by Gasteiger charge is -2.14. The van der Waals surface area contributed by atoms with Crippen LogP contribution in [0.5, 0.6) is 5.75 Å². The van der Waals surface area contributed by atoms with Crippen molar-refractivity contribution < 1.29 is 9.53 Å². The average molecular weight is 323 g/mol. The van der Waals surface area contributed by atoms with Crippen LogP contribution in [0.2, 0.25) is 0 Å². The number of carbonyl (C=O) groups excluding carboxylic acids is 1. The van der Waals surface area contributed by atoms with Gasteiger partial charge in [-0.2, -0.15) is 0 Å². The molecule has 0 saturated carbocycles. The van der Waals surface area contributed by atoms with Gasteiger partial charge in [-0.25, -0.2) is 0 Å². The first-order valence-electron chi connectivity index (χ1n) is 7.90. The van der Waals surface area contributed by atoms with Gasteiger partial charge in [0.2, 0.25) is 0 Å². The SMILES string of the molecule is COc1cc(C)ccc1NC(=O)c1ccc(C2=NCCN2C)cc1. The molecule has 1 aliphatic heterocycles. The number of aryl methyl sites for hydroxylation is 1. The van der Waals surface area contributed by atoms with Crippen molar-refractivity contribution in [1.29, 1.82) is 0 Å². The van der Waals surface area contributed by atoms with Crippen molar-refractivity contribution in [3.63, 3.8) is 0 Å². The van der Waals surface area contributed by atoms with Gasteiger partial charge in [-0.1, -0.05) is 18.2 Å². The van der Waals surface area contributed by atoms with Gasteiger partial charge in [0.25, 0.3) is 5.91 Å². The summed E-state index contributed by atoms with van der Waals surface area (Å²) in [4.78, 5) is 19.1. The summed E-state index contributed by atoms with van der Waals surface area (Å²) in [6, 6.07) is 13.2. The minimum Gasteiger partial charge on any atom is -0.495 e. The number of nitrogens with zero attached hydrogens (tertiary/aromatic N) is 2. The molecule has 1 N–H and O–H groups in total. The highest BCUT2D eigenvalue weighted by molar-refractivity contribution is 6.06. The Hall–Kier alpha value is -2.82. The summed E-state index contributed by atoms with van der Waals surface area (Å²) in [5.41, 5.74) is 3.37. The van der Waals surface area contributed by atoms with E-state index in [9.17, 15) is 4.79 Å². The first-order valence-corrected chi connectivity index (χ1v) is 7.90. The summed E-state index contributed by atoms with van der Waals surface area (Å²) < 4.78 is 5.33. The lowest BCUT2D eigenvalue weighted by molar-refractivity contribution is 0.102. The number of methoxy groups -OCH3 is 1. The van der Waals surface area contributed by atoms with Crippen molar-refractivity contribution in [3.05, 3.63) is 59.2 Å². The van der Waals surface area contributed by atoms with Crippen LogP contribution >= 0.6 is 0 Å². The first kappa shape index (κ1) is 16.1. The molecule has 1 amide bonds. The molecule has 1 aliphatic rings. The number of rotatable bonds is 4. The second-order valence-electron chi connectivity index (χ2n) is 5.86. The van der Waals surface area contributed by atoms with Crippen LogP contribution in [0.15, 0.2) is 47.5 Å². The third-order valence-electron chi connectivity index (χ3n) is 4.07. The highest BCUT2D eigenvalue weighted by Crippen LogP contribution is 2.25. The van der Waals surface area contributed by atoms with E-state index < -0.39 is 0 Å². The summed E-state index contributed by atoms with van der Waals surface area (Å²) in [6.07, 6.45) is 0. The standard InChI is InChI=1S/C19H21N3O2/c1-13-4-9-16(17(12-13)24-3)21-19(23)15-7-5-14(6-8-15)18-20-10-11-22(18)2/h4-9,12H,10-11H2,1-3H3,(H,21,23). The largest absolute Gasteiger partial charge is 0.495 e. The summed E-state index contributed by atoms with van der Waals surface area (Å²) in [5, 5.41) is 2.90. The van der Waals surface area contributed by atoms with E-state index in [0.717, 1.165) is 30.1 Å². The topological polar surface area (TPSA) is 53.9 Å². The zero-order valence-corrected chi connectivity index (χ0v) is 14.2. The van der Waals surface area contributed by atoms with Gasteiger partial charge in [0, 0.05) is 24.7 Å². The van der Waals surface area contributed by atoms with Crippen molar-refractivity contribution in [2.45, 2.75) is 6.92 Å². The lowest BCUT2D eigenvalue weighted by Crippen LogP contribution is -2.23. The zero-order chi connectivity index (χ0) is 17.1. The Morgan fingerprint density at radius 1 is 1.21 bits per heavy atom. The van der Waals surface area contributed by atoms with Crippen LogP contribution in [0.3, 0.4) is 0 Å². The van der Waals surface area contributed by atoms with E-state index in [1.54, 1.807) is 7.11 Å². The maximum atomic E-state index is 12.5. The minimum atomic E-state index is -0.162. The number of amidine groups is 1. The van der Waals surface area contributed by atoms with Crippen molar-refractivity contribution >= 4 is 17.4 Å². The van der Waals surface area contributed by atoms with Crippen molar-refractivity contribution in [2.75, 3.05) is 32.6 Å². The Balaban J connectivity index is 1.76. The molecule has 0 spiro atoms. The minimum absolute atomic E-state index is 0.162. The fourth-order valence-corrected chi connectivity index (χ4v) is 2.71. The van der Waals surface area contributed by atoms with E-state index in [1.165, 1.54) is 0 Å². The van der Waals surface area contributed by atoms with E-state index in [1.807, 2.05) is 56.4 Å².